The fourth-order valence-corrected chi connectivity index (χ4v) is 4.60. The molecule has 29 heavy (non-hydrogen) atoms. The molecule has 1 fully saturated rings. The Hall–Kier alpha value is -2.56. The number of sulfonamides is 1. The van der Waals surface area contributed by atoms with Crippen molar-refractivity contribution in [3.63, 3.8) is 0 Å². The van der Waals surface area contributed by atoms with Gasteiger partial charge >= 0.3 is 0 Å². The van der Waals surface area contributed by atoms with E-state index in [1.807, 2.05) is 0 Å². The Labute approximate surface area is 171 Å². The maximum Gasteiger partial charge on any atom is 0.276 e. The second-order valence-electron chi connectivity index (χ2n) is 6.51. The molecule has 2 aromatic rings. The predicted octanol–water partition coefficient (Wildman–Crippen LogP) is 2.84. The van der Waals surface area contributed by atoms with Crippen molar-refractivity contribution >= 4 is 33.2 Å². The van der Waals surface area contributed by atoms with Gasteiger partial charge < -0.3 is 4.90 Å². The van der Waals surface area contributed by atoms with Crippen molar-refractivity contribution in [3.8, 4) is 0 Å². The summed E-state index contributed by atoms with van der Waals surface area (Å²) in [7, 11) is -3.74. The smallest absolute Gasteiger partial charge is 0.276 e. The summed E-state index contributed by atoms with van der Waals surface area (Å²) in [4.78, 5) is 24.4. The fraction of sp³-hybridized carbons (Fsp3) is 0.278. The van der Waals surface area contributed by atoms with Crippen molar-refractivity contribution in [2.75, 3.05) is 26.2 Å². The minimum Gasteiger partial charge on any atom is -0.336 e. The van der Waals surface area contributed by atoms with Crippen molar-refractivity contribution in [2.45, 2.75) is 11.8 Å². The van der Waals surface area contributed by atoms with Gasteiger partial charge in [0.2, 0.25) is 10.0 Å². The number of hydrogen-bond donors (Lipinski definition) is 0. The minimum absolute atomic E-state index is 0.0487. The number of amides is 1. The third-order valence-corrected chi connectivity index (χ3v) is 6.90. The minimum atomic E-state index is -3.74. The Morgan fingerprint density at radius 2 is 1.72 bits per heavy atom. The number of halogens is 2. The molecule has 154 valence electrons. The maximum atomic E-state index is 14.0. The van der Waals surface area contributed by atoms with E-state index >= 15 is 0 Å². The lowest BCUT2D eigenvalue weighted by atomic mass is 10.1. The molecule has 1 saturated heterocycles. The summed E-state index contributed by atoms with van der Waals surface area (Å²) in [6.45, 7) is 1.52. The van der Waals surface area contributed by atoms with Crippen LogP contribution in [-0.2, 0) is 10.0 Å². The number of nitrogens with zero attached hydrogens (tertiary/aromatic N) is 3. The molecule has 0 radical (unpaired) electrons. The molecule has 1 aliphatic heterocycles. The number of hydrogen-bond acceptors (Lipinski definition) is 5. The van der Waals surface area contributed by atoms with E-state index in [4.69, 9.17) is 11.6 Å². The summed E-state index contributed by atoms with van der Waals surface area (Å²) in [5.74, 6) is -1.43. The van der Waals surface area contributed by atoms with Crippen LogP contribution in [0.3, 0.4) is 0 Å². The van der Waals surface area contributed by atoms with Gasteiger partial charge in [0.05, 0.1) is 15.4 Å². The number of carbonyl (C=O) groups is 1. The van der Waals surface area contributed by atoms with E-state index in [0.717, 1.165) is 12.1 Å². The molecule has 1 aliphatic rings. The van der Waals surface area contributed by atoms with E-state index in [-0.39, 0.29) is 42.2 Å². The normalized spacial score (nSPS) is 15.3. The predicted molar refractivity (Wildman–Crippen MR) is 104 cm³/mol. The highest BCUT2D eigenvalue weighted by Gasteiger charge is 2.31. The lowest BCUT2D eigenvalue weighted by Gasteiger charge is -2.34. The van der Waals surface area contributed by atoms with Gasteiger partial charge in [-0.15, -0.1) is 0 Å². The quantitative estimate of drug-likeness (QED) is 0.536. The number of benzene rings is 2. The van der Waals surface area contributed by atoms with Gasteiger partial charge in [0.1, 0.15) is 5.82 Å². The fourth-order valence-electron chi connectivity index (χ4n) is 3.05. The van der Waals surface area contributed by atoms with Gasteiger partial charge in [-0.1, -0.05) is 11.6 Å². The molecule has 0 atom stereocenters. The van der Waals surface area contributed by atoms with E-state index in [2.05, 4.69) is 0 Å². The summed E-state index contributed by atoms with van der Waals surface area (Å²) in [5.41, 5.74) is -0.767. The standard InChI is InChI=1S/C18H17ClFN3O5S/c1-12-16(20)10-13(11-17(12)23(25)26)18(24)21-6-8-22(9-7-21)29(27,28)15-4-2-14(19)3-5-15/h2-5,10-11H,6-9H2,1H3. The monoisotopic (exact) mass is 441 g/mol. The van der Waals surface area contributed by atoms with E-state index in [9.17, 15) is 27.7 Å². The summed E-state index contributed by atoms with van der Waals surface area (Å²) >= 11 is 5.79. The zero-order valence-corrected chi connectivity index (χ0v) is 16.9. The topological polar surface area (TPSA) is 101 Å². The Morgan fingerprint density at radius 1 is 1.14 bits per heavy atom. The third-order valence-electron chi connectivity index (χ3n) is 4.74. The molecule has 0 bridgehead atoms. The number of piperazine rings is 1. The molecule has 0 saturated carbocycles. The van der Waals surface area contributed by atoms with Gasteiger partial charge in [-0.2, -0.15) is 4.31 Å². The van der Waals surface area contributed by atoms with Crippen LogP contribution in [0.2, 0.25) is 5.02 Å². The van der Waals surface area contributed by atoms with Crippen LogP contribution < -0.4 is 0 Å². The molecule has 0 aliphatic carbocycles. The molecular formula is C18H17ClFN3O5S. The van der Waals surface area contributed by atoms with Crippen LogP contribution in [0.1, 0.15) is 15.9 Å². The van der Waals surface area contributed by atoms with Gasteiger partial charge in [0, 0.05) is 42.8 Å². The second-order valence-corrected chi connectivity index (χ2v) is 8.88. The largest absolute Gasteiger partial charge is 0.336 e. The first kappa shape index (κ1) is 21.2. The molecule has 0 unspecified atom stereocenters. The van der Waals surface area contributed by atoms with Crippen LogP contribution >= 0.6 is 11.6 Å². The van der Waals surface area contributed by atoms with Gasteiger partial charge in [-0.25, -0.2) is 12.8 Å². The number of nitro benzene ring substituents is 1. The summed E-state index contributed by atoms with van der Waals surface area (Å²) in [6.07, 6.45) is 0. The highest BCUT2D eigenvalue weighted by Crippen LogP contribution is 2.25. The first-order valence-corrected chi connectivity index (χ1v) is 10.4. The van der Waals surface area contributed by atoms with E-state index < -0.39 is 32.4 Å². The first-order chi connectivity index (χ1) is 13.6. The number of rotatable bonds is 4. The molecule has 1 amide bonds. The molecule has 2 aromatic carbocycles. The SMILES string of the molecule is Cc1c(F)cc(C(=O)N2CCN(S(=O)(=O)c3ccc(Cl)cc3)CC2)cc1[N+](=O)[O-]. The lowest BCUT2D eigenvalue weighted by molar-refractivity contribution is -0.385. The van der Waals surface area contributed by atoms with Gasteiger partial charge in [-0.05, 0) is 37.3 Å². The molecule has 3 rings (SSSR count). The molecular weight excluding hydrogens is 425 g/mol. The third kappa shape index (κ3) is 4.24. The van der Waals surface area contributed by atoms with Gasteiger partial charge in [0.25, 0.3) is 11.6 Å². The number of carbonyl (C=O) groups excluding carboxylic acids is 1. The summed E-state index contributed by atoms with van der Waals surface area (Å²) in [6, 6.07) is 7.77. The Balaban J connectivity index is 1.75. The molecule has 0 aromatic heterocycles. The van der Waals surface area contributed by atoms with Crippen molar-refractivity contribution < 1.29 is 22.5 Å². The van der Waals surface area contributed by atoms with E-state index in [1.165, 1.54) is 40.4 Å². The van der Waals surface area contributed by atoms with Crippen LogP contribution in [0.5, 0.6) is 0 Å². The Bertz CT molecular complexity index is 1070. The summed E-state index contributed by atoms with van der Waals surface area (Å²) in [5, 5.41) is 11.5. The van der Waals surface area contributed by atoms with E-state index in [1.54, 1.807) is 0 Å². The first-order valence-electron chi connectivity index (χ1n) is 8.61. The molecule has 0 N–H and O–H groups in total. The Kier molecular flexibility index (Phi) is 5.87. The van der Waals surface area contributed by atoms with Crippen molar-refractivity contribution in [3.05, 3.63) is 68.5 Å². The van der Waals surface area contributed by atoms with Crippen LogP contribution in [0, 0.1) is 22.9 Å². The Morgan fingerprint density at radius 3 is 2.28 bits per heavy atom. The van der Waals surface area contributed by atoms with E-state index in [0.29, 0.717) is 5.02 Å². The average Bonchev–Trinajstić information content (AvgIpc) is 2.69. The zero-order chi connectivity index (χ0) is 21.3. The van der Waals surface area contributed by atoms with Gasteiger partial charge in [-0.3, -0.25) is 14.9 Å². The highest BCUT2D eigenvalue weighted by atomic mass is 35.5. The zero-order valence-electron chi connectivity index (χ0n) is 15.3. The molecule has 8 nitrogen and oxygen atoms in total. The van der Waals surface area contributed by atoms with Crippen molar-refractivity contribution in [1.29, 1.82) is 0 Å². The highest BCUT2D eigenvalue weighted by molar-refractivity contribution is 7.89. The summed E-state index contributed by atoms with van der Waals surface area (Å²) < 4.78 is 40.6. The van der Waals surface area contributed by atoms with Crippen molar-refractivity contribution in [2.24, 2.45) is 0 Å². The number of nitro groups is 1. The van der Waals surface area contributed by atoms with Crippen LogP contribution in [-0.4, -0.2) is 54.6 Å². The van der Waals surface area contributed by atoms with Crippen LogP contribution in [0.4, 0.5) is 10.1 Å². The van der Waals surface area contributed by atoms with Gasteiger partial charge in [0.15, 0.2) is 0 Å². The van der Waals surface area contributed by atoms with Crippen LogP contribution in [0.15, 0.2) is 41.3 Å². The average molecular weight is 442 g/mol. The molecule has 1 heterocycles. The molecule has 11 heteroatoms. The second kappa shape index (κ2) is 8.05. The molecule has 0 spiro atoms. The van der Waals surface area contributed by atoms with Crippen LogP contribution in [0.25, 0.3) is 0 Å². The lowest BCUT2D eigenvalue weighted by Crippen LogP contribution is -2.50. The maximum absolute atomic E-state index is 14.0. The van der Waals surface area contributed by atoms with Crippen molar-refractivity contribution in [1.82, 2.24) is 9.21 Å².